The van der Waals surface area contributed by atoms with E-state index in [4.69, 9.17) is 17.3 Å². The first kappa shape index (κ1) is 9.73. The van der Waals surface area contributed by atoms with Crippen LogP contribution in [0.2, 0.25) is 5.02 Å². The highest BCUT2D eigenvalue weighted by Crippen LogP contribution is 2.20. The van der Waals surface area contributed by atoms with Gasteiger partial charge in [0, 0.05) is 9.77 Å². The van der Waals surface area contributed by atoms with Crippen molar-refractivity contribution in [1.29, 1.82) is 0 Å². The standard InChI is InChI=1S/C7H6ClIN2O/c8-7-4(9)1-2-11-5(7)3-6(10)12/h1-2H,3H2,(H2,10,12). The summed E-state index contributed by atoms with van der Waals surface area (Å²) < 4.78 is 0.875. The van der Waals surface area contributed by atoms with Gasteiger partial charge < -0.3 is 5.73 Å². The molecule has 0 saturated carbocycles. The third kappa shape index (κ3) is 2.31. The van der Waals surface area contributed by atoms with Crippen molar-refractivity contribution in [2.75, 3.05) is 0 Å². The van der Waals surface area contributed by atoms with Crippen LogP contribution in [0.1, 0.15) is 5.69 Å². The lowest BCUT2D eigenvalue weighted by Crippen LogP contribution is -2.15. The molecule has 0 aliphatic rings. The third-order valence-corrected chi connectivity index (χ3v) is 2.90. The summed E-state index contributed by atoms with van der Waals surface area (Å²) in [5, 5.41) is 0.511. The number of rotatable bonds is 2. The molecule has 0 bridgehead atoms. The number of nitrogens with two attached hydrogens (primary N) is 1. The first-order valence-electron chi connectivity index (χ1n) is 3.18. The Morgan fingerprint density at radius 1 is 1.75 bits per heavy atom. The third-order valence-electron chi connectivity index (χ3n) is 1.26. The number of hydrogen-bond acceptors (Lipinski definition) is 2. The van der Waals surface area contributed by atoms with Crippen molar-refractivity contribution in [3.05, 3.63) is 26.5 Å². The minimum atomic E-state index is -0.425. The monoisotopic (exact) mass is 296 g/mol. The molecule has 1 aromatic rings. The molecule has 1 aromatic heterocycles. The quantitative estimate of drug-likeness (QED) is 0.838. The molecule has 0 spiro atoms. The maximum absolute atomic E-state index is 10.6. The highest BCUT2D eigenvalue weighted by molar-refractivity contribution is 14.1. The van der Waals surface area contributed by atoms with Crippen molar-refractivity contribution >= 4 is 40.1 Å². The fraction of sp³-hybridized carbons (Fsp3) is 0.143. The molecule has 2 N–H and O–H groups in total. The molecule has 0 atom stereocenters. The van der Waals surface area contributed by atoms with Gasteiger partial charge in [-0.1, -0.05) is 11.6 Å². The van der Waals surface area contributed by atoms with Gasteiger partial charge in [0.05, 0.1) is 17.1 Å². The summed E-state index contributed by atoms with van der Waals surface area (Å²) in [4.78, 5) is 14.5. The molecule has 1 heterocycles. The van der Waals surface area contributed by atoms with Crippen molar-refractivity contribution in [2.45, 2.75) is 6.42 Å². The zero-order chi connectivity index (χ0) is 9.14. The minimum absolute atomic E-state index is 0.0929. The summed E-state index contributed by atoms with van der Waals surface area (Å²) in [6.07, 6.45) is 1.70. The highest BCUT2D eigenvalue weighted by atomic mass is 127. The fourth-order valence-corrected chi connectivity index (χ4v) is 1.40. The topological polar surface area (TPSA) is 56.0 Å². The van der Waals surface area contributed by atoms with Crippen LogP contribution < -0.4 is 5.73 Å². The van der Waals surface area contributed by atoms with Gasteiger partial charge in [-0.15, -0.1) is 0 Å². The van der Waals surface area contributed by atoms with E-state index in [0.717, 1.165) is 3.57 Å². The van der Waals surface area contributed by atoms with Gasteiger partial charge in [-0.2, -0.15) is 0 Å². The van der Waals surface area contributed by atoms with Crippen molar-refractivity contribution in [2.24, 2.45) is 5.73 Å². The molecule has 0 aromatic carbocycles. The van der Waals surface area contributed by atoms with E-state index in [1.54, 1.807) is 12.3 Å². The minimum Gasteiger partial charge on any atom is -0.369 e. The summed E-state index contributed by atoms with van der Waals surface area (Å²) in [6, 6.07) is 1.77. The van der Waals surface area contributed by atoms with Crippen LogP contribution in [0, 0.1) is 3.57 Å². The molecular weight excluding hydrogens is 290 g/mol. The SMILES string of the molecule is NC(=O)Cc1nccc(I)c1Cl. The van der Waals surface area contributed by atoms with Gasteiger partial charge in [0.1, 0.15) is 0 Å². The molecule has 0 fully saturated rings. The maximum atomic E-state index is 10.6. The van der Waals surface area contributed by atoms with Gasteiger partial charge in [0.2, 0.25) is 5.91 Å². The fourth-order valence-electron chi connectivity index (χ4n) is 0.749. The van der Waals surface area contributed by atoms with Crippen LogP contribution in [-0.2, 0) is 11.2 Å². The number of nitrogens with zero attached hydrogens (tertiary/aromatic N) is 1. The Morgan fingerprint density at radius 3 is 3.00 bits per heavy atom. The summed E-state index contributed by atoms with van der Waals surface area (Å²) in [5.74, 6) is -0.425. The van der Waals surface area contributed by atoms with Crippen LogP contribution in [0.25, 0.3) is 0 Å². The molecule has 5 heteroatoms. The van der Waals surface area contributed by atoms with Gasteiger partial charge in [-0.25, -0.2) is 0 Å². The summed E-state index contributed by atoms with van der Waals surface area (Å²) >= 11 is 7.93. The van der Waals surface area contributed by atoms with Crippen molar-refractivity contribution in [3.8, 4) is 0 Å². The van der Waals surface area contributed by atoms with Gasteiger partial charge >= 0.3 is 0 Å². The molecule has 12 heavy (non-hydrogen) atoms. The number of pyridine rings is 1. The van der Waals surface area contributed by atoms with E-state index in [-0.39, 0.29) is 6.42 Å². The van der Waals surface area contributed by atoms with Crippen LogP contribution in [-0.4, -0.2) is 10.9 Å². The molecule has 0 unspecified atom stereocenters. The van der Waals surface area contributed by atoms with Crippen LogP contribution in [0.15, 0.2) is 12.3 Å². The van der Waals surface area contributed by atoms with E-state index in [2.05, 4.69) is 27.6 Å². The van der Waals surface area contributed by atoms with Crippen molar-refractivity contribution < 1.29 is 4.79 Å². The highest BCUT2D eigenvalue weighted by Gasteiger charge is 2.07. The van der Waals surface area contributed by atoms with Gasteiger partial charge in [-0.3, -0.25) is 9.78 Å². The molecule has 0 saturated heterocycles. The molecule has 1 amide bonds. The Morgan fingerprint density at radius 2 is 2.42 bits per heavy atom. The zero-order valence-corrected chi connectivity index (χ0v) is 8.96. The molecule has 0 aliphatic heterocycles. The Bertz CT molecular complexity index is 316. The van der Waals surface area contributed by atoms with E-state index in [9.17, 15) is 4.79 Å². The maximum Gasteiger partial charge on any atom is 0.223 e. The number of halogens is 2. The Labute approximate surface area is 88.4 Å². The summed E-state index contributed by atoms with van der Waals surface area (Å²) in [5.41, 5.74) is 5.54. The number of carbonyl (C=O) groups excluding carboxylic acids is 1. The smallest absolute Gasteiger partial charge is 0.223 e. The van der Waals surface area contributed by atoms with E-state index in [0.29, 0.717) is 10.7 Å². The second-order valence-electron chi connectivity index (χ2n) is 2.20. The van der Waals surface area contributed by atoms with Crippen molar-refractivity contribution in [3.63, 3.8) is 0 Å². The average molecular weight is 296 g/mol. The molecule has 3 nitrogen and oxygen atoms in total. The summed E-state index contributed by atoms with van der Waals surface area (Å²) in [6.45, 7) is 0. The number of amides is 1. The molecule has 64 valence electrons. The lowest BCUT2D eigenvalue weighted by Gasteiger charge is -2.01. The largest absolute Gasteiger partial charge is 0.369 e. The van der Waals surface area contributed by atoms with Gasteiger partial charge in [-0.05, 0) is 28.7 Å². The number of carbonyl (C=O) groups is 1. The number of aromatic nitrogens is 1. The second kappa shape index (κ2) is 4.04. The molecule has 0 radical (unpaired) electrons. The van der Waals surface area contributed by atoms with Crippen LogP contribution in [0.3, 0.4) is 0 Å². The van der Waals surface area contributed by atoms with Crippen LogP contribution in [0.5, 0.6) is 0 Å². The first-order valence-corrected chi connectivity index (χ1v) is 4.64. The number of hydrogen-bond donors (Lipinski definition) is 1. The van der Waals surface area contributed by atoms with Gasteiger partial charge in [0.15, 0.2) is 0 Å². The molecular formula is C7H6ClIN2O. The zero-order valence-electron chi connectivity index (χ0n) is 6.05. The Balaban J connectivity index is 3.00. The van der Waals surface area contributed by atoms with Crippen LogP contribution >= 0.6 is 34.2 Å². The predicted octanol–water partition coefficient (Wildman–Crippen LogP) is 1.37. The van der Waals surface area contributed by atoms with E-state index in [1.165, 1.54) is 0 Å². The predicted molar refractivity (Wildman–Crippen MR) is 54.9 cm³/mol. The number of primary amides is 1. The second-order valence-corrected chi connectivity index (χ2v) is 3.74. The lowest BCUT2D eigenvalue weighted by molar-refractivity contribution is -0.117. The van der Waals surface area contributed by atoms with E-state index >= 15 is 0 Å². The first-order chi connectivity index (χ1) is 5.61. The lowest BCUT2D eigenvalue weighted by atomic mass is 10.2. The normalized spacial score (nSPS) is 9.83. The Kier molecular flexibility index (Phi) is 3.28. The molecule has 1 rings (SSSR count). The Hall–Kier alpha value is -0.360. The van der Waals surface area contributed by atoms with E-state index < -0.39 is 5.91 Å². The molecule has 0 aliphatic carbocycles. The van der Waals surface area contributed by atoms with E-state index in [1.807, 2.05) is 0 Å². The van der Waals surface area contributed by atoms with Gasteiger partial charge in [0.25, 0.3) is 0 Å². The summed E-state index contributed by atoms with van der Waals surface area (Å²) in [7, 11) is 0. The van der Waals surface area contributed by atoms with Crippen molar-refractivity contribution in [1.82, 2.24) is 4.98 Å². The van der Waals surface area contributed by atoms with Crippen LogP contribution in [0.4, 0.5) is 0 Å². The average Bonchev–Trinajstić information content (AvgIpc) is 1.98.